The third-order valence-corrected chi connectivity index (χ3v) is 6.43. The van der Waals surface area contributed by atoms with Crippen molar-refractivity contribution in [2.24, 2.45) is 5.92 Å². The second-order valence-electron chi connectivity index (χ2n) is 8.55. The van der Waals surface area contributed by atoms with Gasteiger partial charge in [0.25, 0.3) is 0 Å². The fourth-order valence-electron chi connectivity index (χ4n) is 4.08. The van der Waals surface area contributed by atoms with Crippen LogP contribution in [-0.4, -0.2) is 82.3 Å². The fraction of sp³-hybridized carbons (Fsp3) is 0.800. The maximum atomic E-state index is 12.5. The third kappa shape index (κ3) is 3.47. The monoisotopic (exact) mass is 397 g/mol. The minimum atomic E-state index is -1.96. The van der Waals surface area contributed by atoms with Crippen LogP contribution in [0.5, 0.6) is 0 Å². The molecule has 0 bridgehead atoms. The lowest BCUT2D eigenvalue weighted by molar-refractivity contribution is -0.184. The van der Waals surface area contributed by atoms with Crippen molar-refractivity contribution in [1.29, 1.82) is 0 Å². The van der Waals surface area contributed by atoms with Gasteiger partial charge in [-0.25, -0.2) is 9.59 Å². The highest BCUT2D eigenvalue weighted by molar-refractivity contribution is 5.83. The highest BCUT2D eigenvalue weighted by Gasteiger charge is 2.58. The van der Waals surface area contributed by atoms with E-state index in [4.69, 9.17) is 14.2 Å². The molecule has 0 saturated carbocycles. The van der Waals surface area contributed by atoms with Gasteiger partial charge in [-0.3, -0.25) is 4.90 Å². The molecule has 3 heterocycles. The number of hydrogen-bond acceptors (Lipinski definition) is 8. The minimum Gasteiger partial charge on any atom is -0.459 e. The predicted octanol–water partition coefficient (Wildman–Crippen LogP) is 0.401. The number of hydrogen-bond donors (Lipinski definition) is 2. The van der Waals surface area contributed by atoms with Crippen molar-refractivity contribution in [3.63, 3.8) is 0 Å². The average Bonchev–Trinajstić information content (AvgIpc) is 2.98. The van der Waals surface area contributed by atoms with Crippen LogP contribution >= 0.6 is 0 Å². The molecule has 3 rings (SSSR count). The number of epoxide rings is 1. The number of carbonyl (C=O) groups excluding carboxylic acids is 2. The molecule has 0 aliphatic carbocycles. The van der Waals surface area contributed by atoms with Crippen molar-refractivity contribution in [2.45, 2.75) is 76.6 Å². The van der Waals surface area contributed by atoms with Gasteiger partial charge in [0.15, 0.2) is 11.2 Å². The number of fused-ring (bicyclic) bond motifs is 1. The molecular weight excluding hydrogens is 366 g/mol. The molecule has 3 aliphatic rings. The SMILES string of the molecule is CC1OC1(C)C(=O)OC1CCN2CC=C(COC(=O)C(O)(C(C)C)C(C)O)C12. The Hall–Kier alpha value is -1.48. The smallest absolute Gasteiger partial charge is 0.341 e. The van der Waals surface area contributed by atoms with Gasteiger partial charge in [-0.15, -0.1) is 0 Å². The van der Waals surface area contributed by atoms with Crippen LogP contribution in [0.1, 0.15) is 41.0 Å². The number of rotatable bonds is 7. The number of ether oxygens (including phenoxy) is 3. The van der Waals surface area contributed by atoms with Gasteiger partial charge in [0.2, 0.25) is 0 Å². The van der Waals surface area contributed by atoms with Gasteiger partial charge in [-0.05, 0) is 38.7 Å². The summed E-state index contributed by atoms with van der Waals surface area (Å²) in [7, 11) is 0. The van der Waals surface area contributed by atoms with Crippen LogP contribution in [0.25, 0.3) is 0 Å². The Balaban J connectivity index is 1.62. The zero-order valence-electron chi connectivity index (χ0n) is 17.2. The van der Waals surface area contributed by atoms with E-state index in [1.54, 1.807) is 20.8 Å². The predicted molar refractivity (Wildman–Crippen MR) is 99.3 cm³/mol. The summed E-state index contributed by atoms with van der Waals surface area (Å²) in [4.78, 5) is 27.0. The first-order valence-electron chi connectivity index (χ1n) is 9.91. The molecule has 0 spiro atoms. The van der Waals surface area contributed by atoms with Gasteiger partial charge >= 0.3 is 11.9 Å². The van der Waals surface area contributed by atoms with Crippen molar-refractivity contribution < 1.29 is 34.0 Å². The van der Waals surface area contributed by atoms with E-state index < -0.39 is 29.2 Å². The normalized spacial score (nSPS) is 35.1. The second-order valence-corrected chi connectivity index (χ2v) is 8.55. The molecule has 28 heavy (non-hydrogen) atoms. The van der Waals surface area contributed by atoms with Gasteiger partial charge in [0.1, 0.15) is 12.7 Å². The highest BCUT2D eigenvalue weighted by Crippen LogP contribution is 2.39. The molecule has 2 saturated heterocycles. The maximum Gasteiger partial charge on any atom is 0.341 e. The number of esters is 2. The van der Waals surface area contributed by atoms with Crippen molar-refractivity contribution in [3.05, 3.63) is 11.6 Å². The van der Waals surface area contributed by atoms with Gasteiger partial charge in [-0.1, -0.05) is 19.9 Å². The van der Waals surface area contributed by atoms with E-state index in [-0.39, 0.29) is 30.8 Å². The lowest BCUT2D eigenvalue weighted by Gasteiger charge is -2.32. The van der Waals surface area contributed by atoms with Crippen LogP contribution in [0.2, 0.25) is 0 Å². The van der Waals surface area contributed by atoms with Crippen LogP contribution in [-0.2, 0) is 23.8 Å². The van der Waals surface area contributed by atoms with Crippen LogP contribution in [0.4, 0.5) is 0 Å². The molecule has 158 valence electrons. The Morgan fingerprint density at radius 3 is 2.61 bits per heavy atom. The topological polar surface area (TPSA) is 109 Å². The number of carbonyl (C=O) groups is 2. The molecule has 6 atom stereocenters. The molecule has 3 aliphatic heterocycles. The molecule has 8 nitrogen and oxygen atoms in total. The van der Waals surface area contributed by atoms with Crippen LogP contribution in [0, 0.1) is 5.92 Å². The molecule has 2 N–H and O–H groups in total. The van der Waals surface area contributed by atoms with Crippen molar-refractivity contribution in [2.75, 3.05) is 19.7 Å². The standard InChI is InChI=1S/C20H31NO7/c1-11(2)20(25,12(3)22)18(24)26-10-14-6-8-21-9-7-15(16(14)21)27-17(23)19(5)13(4)28-19/h6,11-13,15-16,22,25H,7-10H2,1-5H3. The molecule has 0 aromatic heterocycles. The summed E-state index contributed by atoms with van der Waals surface area (Å²) in [6.45, 7) is 9.69. The molecule has 0 amide bonds. The fourth-order valence-corrected chi connectivity index (χ4v) is 4.08. The first-order chi connectivity index (χ1) is 13.0. The molecule has 8 heteroatoms. The largest absolute Gasteiger partial charge is 0.459 e. The van der Waals surface area contributed by atoms with Gasteiger partial charge in [0, 0.05) is 13.1 Å². The second kappa shape index (κ2) is 7.40. The molecule has 6 unspecified atom stereocenters. The van der Waals surface area contributed by atoms with Crippen LogP contribution in [0.3, 0.4) is 0 Å². The van der Waals surface area contributed by atoms with E-state index in [1.165, 1.54) is 6.92 Å². The Morgan fingerprint density at radius 2 is 2.07 bits per heavy atom. The molecule has 2 fully saturated rings. The van der Waals surface area contributed by atoms with Gasteiger partial charge < -0.3 is 24.4 Å². The average molecular weight is 397 g/mol. The summed E-state index contributed by atoms with van der Waals surface area (Å²) in [6, 6.07) is -0.145. The summed E-state index contributed by atoms with van der Waals surface area (Å²) in [5, 5.41) is 20.4. The van der Waals surface area contributed by atoms with E-state index in [1.807, 2.05) is 13.0 Å². The van der Waals surface area contributed by atoms with Gasteiger partial charge in [-0.2, -0.15) is 0 Å². The Morgan fingerprint density at radius 1 is 1.43 bits per heavy atom. The number of aliphatic hydroxyl groups excluding tert-OH is 1. The van der Waals surface area contributed by atoms with Crippen LogP contribution in [0.15, 0.2) is 11.6 Å². The van der Waals surface area contributed by atoms with Crippen molar-refractivity contribution in [1.82, 2.24) is 4.90 Å². The van der Waals surface area contributed by atoms with E-state index in [0.717, 1.165) is 12.1 Å². The van der Waals surface area contributed by atoms with Crippen LogP contribution < -0.4 is 0 Å². The third-order valence-electron chi connectivity index (χ3n) is 6.43. The Kier molecular flexibility index (Phi) is 5.62. The van der Waals surface area contributed by atoms with Crippen molar-refractivity contribution >= 4 is 11.9 Å². The number of aliphatic hydroxyl groups is 2. The zero-order chi connectivity index (χ0) is 20.9. The van der Waals surface area contributed by atoms with Gasteiger partial charge in [0.05, 0.1) is 18.2 Å². The highest BCUT2D eigenvalue weighted by atomic mass is 16.7. The summed E-state index contributed by atoms with van der Waals surface area (Å²) in [6.07, 6.45) is 0.943. The zero-order valence-corrected chi connectivity index (χ0v) is 17.2. The van der Waals surface area contributed by atoms with Crippen molar-refractivity contribution in [3.8, 4) is 0 Å². The van der Waals surface area contributed by atoms with E-state index in [9.17, 15) is 19.8 Å². The molecule has 0 aromatic rings. The number of nitrogens with zero attached hydrogens (tertiary/aromatic N) is 1. The first kappa shape index (κ1) is 21.2. The quantitative estimate of drug-likeness (QED) is 0.361. The minimum absolute atomic E-state index is 0.0139. The lowest BCUT2D eigenvalue weighted by atomic mass is 9.85. The Bertz CT molecular complexity index is 665. The lowest BCUT2D eigenvalue weighted by Crippen LogP contribution is -2.53. The summed E-state index contributed by atoms with van der Waals surface area (Å²) in [5.41, 5.74) is -1.99. The van der Waals surface area contributed by atoms with E-state index in [0.29, 0.717) is 13.0 Å². The van der Waals surface area contributed by atoms with E-state index in [2.05, 4.69) is 4.90 Å². The summed E-state index contributed by atoms with van der Waals surface area (Å²) < 4.78 is 16.4. The van der Waals surface area contributed by atoms with E-state index >= 15 is 0 Å². The molecule has 0 aromatic carbocycles. The molecular formula is C20H31NO7. The maximum absolute atomic E-state index is 12.5. The molecule has 0 radical (unpaired) electrons. The first-order valence-corrected chi connectivity index (χ1v) is 9.91. The Labute approximate surface area is 165 Å². The summed E-state index contributed by atoms with van der Waals surface area (Å²) in [5.74, 6) is -1.72. The summed E-state index contributed by atoms with van der Waals surface area (Å²) >= 11 is 0.